The van der Waals surface area contributed by atoms with Gasteiger partial charge in [-0.2, -0.15) is 5.10 Å². The standard InChI is InChI=1S/C21H19IN2O3/c1-14-4-3-5-19(15(14)2)26-13-21(25)24-23-12-18-10-11-20(27-18)16-6-8-17(22)9-7-16/h3-12H,13H2,1-2H3,(H,24,25)/b23-12+. The van der Waals surface area contributed by atoms with Gasteiger partial charge in [-0.05, 0) is 77.9 Å². The van der Waals surface area contributed by atoms with Gasteiger partial charge in [0.25, 0.3) is 5.91 Å². The largest absolute Gasteiger partial charge is 0.483 e. The lowest BCUT2D eigenvalue weighted by Gasteiger charge is -2.09. The van der Waals surface area contributed by atoms with Crippen LogP contribution >= 0.6 is 22.6 Å². The van der Waals surface area contributed by atoms with Crippen LogP contribution in [0.5, 0.6) is 5.75 Å². The number of rotatable bonds is 6. The maximum absolute atomic E-state index is 11.9. The first-order valence-electron chi connectivity index (χ1n) is 8.39. The molecule has 0 saturated carbocycles. The van der Waals surface area contributed by atoms with Crippen LogP contribution in [0, 0.1) is 17.4 Å². The van der Waals surface area contributed by atoms with Crippen LogP contribution in [0.25, 0.3) is 11.3 Å². The predicted molar refractivity (Wildman–Crippen MR) is 114 cm³/mol. The van der Waals surface area contributed by atoms with Gasteiger partial charge in [0.05, 0.1) is 6.21 Å². The Labute approximate surface area is 171 Å². The van der Waals surface area contributed by atoms with Gasteiger partial charge < -0.3 is 9.15 Å². The number of furan rings is 1. The predicted octanol–water partition coefficient (Wildman–Crippen LogP) is 4.70. The molecule has 6 heteroatoms. The molecular weight excluding hydrogens is 455 g/mol. The minimum Gasteiger partial charge on any atom is -0.483 e. The fourth-order valence-electron chi connectivity index (χ4n) is 2.42. The van der Waals surface area contributed by atoms with E-state index in [4.69, 9.17) is 9.15 Å². The molecular formula is C21H19IN2O3. The molecule has 0 spiro atoms. The molecule has 5 nitrogen and oxygen atoms in total. The molecule has 1 amide bonds. The summed E-state index contributed by atoms with van der Waals surface area (Å²) in [5.41, 5.74) is 5.56. The number of hydrogen-bond acceptors (Lipinski definition) is 4. The van der Waals surface area contributed by atoms with Gasteiger partial charge in [0, 0.05) is 9.13 Å². The highest BCUT2D eigenvalue weighted by Gasteiger charge is 2.06. The summed E-state index contributed by atoms with van der Waals surface area (Å²) in [4.78, 5) is 11.9. The van der Waals surface area contributed by atoms with E-state index in [0.29, 0.717) is 11.5 Å². The summed E-state index contributed by atoms with van der Waals surface area (Å²) < 4.78 is 12.4. The Morgan fingerprint density at radius 1 is 1.15 bits per heavy atom. The number of ether oxygens (including phenoxy) is 1. The third kappa shape index (κ3) is 5.19. The van der Waals surface area contributed by atoms with E-state index in [1.807, 2.05) is 62.4 Å². The van der Waals surface area contributed by atoms with Crippen molar-refractivity contribution in [3.63, 3.8) is 0 Å². The van der Waals surface area contributed by atoms with Gasteiger partial charge in [-0.3, -0.25) is 4.79 Å². The Morgan fingerprint density at radius 2 is 1.93 bits per heavy atom. The van der Waals surface area contributed by atoms with Crippen molar-refractivity contribution >= 4 is 34.7 Å². The van der Waals surface area contributed by atoms with Crippen molar-refractivity contribution in [1.82, 2.24) is 5.43 Å². The minimum atomic E-state index is -0.337. The van der Waals surface area contributed by atoms with Gasteiger partial charge in [0.15, 0.2) is 6.61 Å². The lowest BCUT2D eigenvalue weighted by molar-refractivity contribution is -0.123. The van der Waals surface area contributed by atoms with Gasteiger partial charge in [-0.15, -0.1) is 0 Å². The minimum absolute atomic E-state index is 0.103. The number of hydrogen-bond donors (Lipinski definition) is 1. The molecule has 0 atom stereocenters. The third-order valence-corrected chi connectivity index (χ3v) is 4.77. The number of hydrazone groups is 1. The van der Waals surface area contributed by atoms with Crippen molar-refractivity contribution in [3.8, 4) is 17.1 Å². The topological polar surface area (TPSA) is 63.8 Å². The van der Waals surface area contributed by atoms with E-state index in [1.165, 1.54) is 6.21 Å². The maximum atomic E-state index is 11.9. The first-order chi connectivity index (χ1) is 13.0. The molecule has 0 fully saturated rings. The normalized spacial score (nSPS) is 10.9. The zero-order valence-corrected chi connectivity index (χ0v) is 17.2. The fourth-order valence-corrected chi connectivity index (χ4v) is 2.78. The fraction of sp³-hybridized carbons (Fsp3) is 0.143. The van der Waals surface area contributed by atoms with E-state index in [-0.39, 0.29) is 12.5 Å². The smallest absolute Gasteiger partial charge is 0.277 e. The highest BCUT2D eigenvalue weighted by molar-refractivity contribution is 14.1. The van der Waals surface area contributed by atoms with Gasteiger partial charge in [0.2, 0.25) is 0 Å². The van der Waals surface area contributed by atoms with Crippen molar-refractivity contribution in [2.24, 2.45) is 5.10 Å². The molecule has 138 valence electrons. The highest BCUT2D eigenvalue weighted by atomic mass is 127. The van der Waals surface area contributed by atoms with Crippen molar-refractivity contribution < 1.29 is 13.9 Å². The van der Waals surface area contributed by atoms with Crippen LogP contribution in [-0.2, 0) is 4.79 Å². The Balaban J connectivity index is 1.52. The van der Waals surface area contributed by atoms with Gasteiger partial charge in [-0.1, -0.05) is 24.3 Å². The van der Waals surface area contributed by atoms with Crippen LogP contribution in [0.1, 0.15) is 16.9 Å². The molecule has 0 aliphatic rings. The number of nitrogens with zero attached hydrogens (tertiary/aromatic N) is 1. The summed E-state index contributed by atoms with van der Waals surface area (Å²) in [6, 6.07) is 17.4. The molecule has 0 aliphatic heterocycles. The summed E-state index contributed by atoms with van der Waals surface area (Å²) in [6.45, 7) is 3.86. The number of benzene rings is 2. The summed E-state index contributed by atoms with van der Waals surface area (Å²) >= 11 is 2.26. The molecule has 27 heavy (non-hydrogen) atoms. The molecule has 3 rings (SSSR count). The SMILES string of the molecule is Cc1cccc(OCC(=O)N/N=C/c2ccc(-c3ccc(I)cc3)o2)c1C. The quantitative estimate of drug-likeness (QED) is 0.320. The molecule has 1 N–H and O–H groups in total. The Hall–Kier alpha value is -2.61. The number of nitrogens with one attached hydrogen (secondary N) is 1. The molecule has 2 aromatic carbocycles. The van der Waals surface area contributed by atoms with Crippen LogP contribution in [0.4, 0.5) is 0 Å². The molecule has 0 radical (unpaired) electrons. The Kier molecular flexibility index (Phi) is 6.28. The van der Waals surface area contributed by atoms with E-state index < -0.39 is 0 Å². The molecule has 1 heterocycles. The van der Waals surface area contributed by atoms with Crippen LogP contribution in [0.3, 0.4) is 0 Å². The molecule has 1 aromatic heterocycles. The lowest BCUT2D eigenvalue weighted by atomic mass is 10.1. The number of carbonyl (C=O) groups excluding carboxylic acids is 1. The Morgan fingerprint density at radius 3 is 2.70 bits per heavy atom. The summed E-state index contributed by atoms with van der Waals surface area (Å²) in [6.07, 6.45) is 1.46. The van der Waals surface area contributed by atoms with Crippen molar-refractivity contribution in [3.05, 3.63) is 75.1 Å². The highest BCUT2D eigenvalue weighted by Crippen LogP contribution is 2.22. The lowest BCUT2D eigenvalue weighted by Crippen LogP contribution is -2.24. The van der Waals surface area contributed by atoms with Crippen LogP contribution in [0.2, 0.25) is 0 Å². The third-order valence-electron chi connectivity index (χ3n) is 4.05. The molecule has 0 aliphatic carbocycles. The van der Waals surface area contributed by atoms with Crippen molar-refractivity contribution in [1.29, 1.82) is 0 Å². The van der Waals surface area contributed by atoms with E-state index in [9.17, 15) is 4.79 Å². The first kappa shape index (κ1) is 19.2. The van der Waals surface area contributed by atoms with Gasteiger partial charge in [-0.25, -0.2) is 5.43 Å². The van der Waals surface area contributed by atoms with E-state index in [0.717, 1.165) is 26.0 Å². The van der Waals surface area contributed by atoms with Crippen LogP contribution < -0.4 is 10.2 Å². The summed E-state index contributed by atoms with van der Waals surface area (Å²) in [5, 5.41) is 3.92. The summed E-state index contributed by atoms with van der Waals surface area (Å²) in [7, 11) is 0. The average molecular weight is 474 g/mol. The average Bonchev–Trinajstić information content (AvgIpc) is 3.12. The monoisotopic (exact) mass is 474 g/mol. The molecule has 3 aromatic rings. The van der Waals surface area contributed by atoms with Gasteiger partial charge >= 0.3 is 0 Å². The molecule has 0 bridgehead atoms. The number of carbonyl (C=O) groups is 1. The number of aryl methyl sites for hydroxylation is 1. The van der Waals surface area contributed by atoms with Crippen molar-refractivity contribution in [2.75, 3.05) is 6.61 Å². The van der Waals surface area contributed by atoms with Crippen LogP contribution in [0.15, 0.2) is 64.1 Å². The number of halogens is 1. The Bertz CT molecular complexity index is 962. The first-order valence-corrected chi connectivity index (χ1v) is 9.47. The maximum Gasteiger partial charge on any atom is 0.277 e. The van der Waals surface area contributed by atoms with E-state index >= 15 is 0 Å². The van der Waals surface area contributed by atoms with Gasteiger partial charge in [0.1, 0.15) is 17.3 Å². The second-order valence-electron chi connectivity index (χ2n) is 5.99. The summed E-state index contributed by atoms with van der Waals surface area (Å²) in [5.74, 6) is 1.66. The zero-order valence-electron chi connectivity index (χ0n) is 15.0. The molecule has 0 unspecified atom stereocenters. The zero-order chi connectivity index (χ0) is 19.2. The second-order valence-corrected chi connectivity index (χ2v) is 7.23. The molecule has 0 saturated heterocycles. The van der Waals surface area contributed by atoms with Crippen molar-refractivity contribution in [2.45, 2.75) is 13.8 Å². The van der Waals surface area contributed by atoms with E-state index in [1.54, 1.807) is 6.07 Å². The van der Waals surface area contributed by atoms with E-state index in [2.05, 4.69) is 33.1 Å². The second kappa shape index (κ2) is 8.85. The number of amides is 1. The van der Waals surface area contributed by atoms with Crippen LogP contribution in [-0.4, -0.2) is 18.7 Å².